The van der Waals surface area contributed by atoms with Gasteiger partial charge in [0.05, 0.1) is 11.0 Å². The third kappa shape index (κ3) is 2.25. The molecule has 0 bridgehead atoms. The van der Waals surface area contributed by atoms with E-state index in [4.69, 9.17) is 11.6 Å². The van der Waals surface area contributed by atoms with Crippen molar-refractivity contribution in [2.75, 3.05) is 0 Å². The van der Waals surface area contributed by atoms with E-state index < -0.39 is 0 Å². The fraction of sp³-hybridized carbons (Fsp3) is 0.0667. The van der Waals surface area contributed by atoms with E-state index in [1.54, 1.807) is 18.2 Å². The monoisotopic (exact) mass is 270 g/mol. The highest BCUT2D eigenvalue weighted by Crippen LogP contribution is 2.19. The molecule has 0 aliphatic carbocycles. The molecular formula is C15H11ClN2O. The van der Waals surface area contributed by atoms with Gasteiger partial charge in [-0.25, -0.2) is 4.98 Å². The van der Waals surface area contributed by atoms with E-state index in [9.17, 15) is 4.79 Å². The standard InChI is InChI=1S/C15H11ClN2O/c1-9-2-4-10(5-3-9)14-15(19)18-12-7-6-11(16)8-13(12)17-14/h2-8H,1H3,(H,18,19). The SMILES string of the molecule is Cc1ccc(-c2nc3cc(Cl)ccc3[nH]c2=O)cc1. The van der Waals surface area contributed by atoms with E-state index in [1.807, 2.05) is 31.2 Å². The Labute approximate surface area is 114 Å². The number of H-pyrrole nitrogens is 1. The van der Waals surface area contributed by atoms with Crippen molar-refractivity contribution in [3.05, 3.63) is 63.4 Å². The minimum atomic E-state index is -0.196. The zero-order chi connectivity index (χ0) is 13.4. The van der Waals surface area contributed by atoms with Gasteiger partial charge in [0.15, 0.2) is 0 Å². The van der Waals surface area contributed by atoms with Crippen molar-refractivity contribution in [1.29, 1.82) is 0 Å². The van der Waals surface area contributed by atoms with Gasteiger partial charge in [-0.05, 0) is 25.1 Å². The van der Waals surface area contributed by atoms with E-state index in [1.165, 1.54) is 0 Å². The zero-order valence-electron chi connectivity index (χ0n) is 10.3. The number of aryl methyl sites for hydroxylation is 1. The highest BCUT2D eigenvalue weighted by atomic mass is 35.5. The summed E-state index contributed by atoms with van der Waals surface area (Å²) in [6.07, 6.45) is 0. The molecule has 0 unspecified atom stereocenters. The molecule has 19 heavy (non-hydrogen) atoms. The van der Waals surface area contributed by atoms with Gasteiger partial charge in [0.25, 0.3) is 5.56 Å². The number of nitrogens with zero attached hydrogens (tertiary/aromatic N) is 1. The first-order valence-corrected chi connectivity index (χ1v) is 6.28. The minimum Gasteiger partial charge on any atom is -0.319 e. The fourth-order valence-electron chi connectivity index (χ4n) is 1.96. The average Bonchev–Trinajstić information content (AvgIpc) is 2.40. The van der Waals surface area contributed by atoms with Gasteiger partial charge in [-0.3, -0.25) is 4.79 Å². The largest absolute Gasteiger partial charge is 0.319 e. The van der Waals surface area contributed by atoms with Gasteiger partial charge in [0, 0.05) is 10.6 Å². The molecule has 3 rings (SSSR count). The summed E-state index contributed by atoms with van der Waals surface area (Å²) >= 11 is 5.95. The molecule has 0 radical (unpaired) electrons. The van der Waals surface area contributed by atoms with E-state index >= 15 is 0 Å². The Bertz CT molecular complexity index is 806. The third-order valence-corrected chi connectivity index (χ3v) is 3.22. The summed E-state index contributed by atoms with van der Waals surface area (Å²) in [5, 5.41) is 0.599. The molecule has 1 N–H and O–H groups in total. The van der Waals surface area contributed by atoms with Crippen molar-refractivity contribution in [3.63, 3.8) is 0 Å². The summed E-state index contributed by atoms with van der Waals surface area (Å²) in [4.78, 5) is 19.3. The summed E-state index contributed by atoms with van der Waals surface area (Å²) in [5.41, 5.74) is 3.53. The number of rotatable bonds is 1. The van der Waals surface area contributed by atoms with E-state index in [2.05, 4.69) is 9.97 Å². The number of fused-ring (bicyclic) bond motifs is 1. The number of aromatic amines is 1. The molecule has 0 aliphatic rings. The van der Waals surface area contributed by atoms with Crippen LogP contribution in [-0.4, -0.2) is 9.97 Å². The molecule has 0 amide bonds. The van der Waals surface area contributed by atoms with Crippen molar-refractivity contribution in [2.24, 2.45) is 0 Å². The van der Waals surface area contributed by atoms with Gasteiger partial charge >= 0.3 is 0 Å². The Morgan fingerprint density at radius 2 is 1.84 bits per heavy atom. The molecule has 0 atom stereocenters. The number of hydrogen-bond acceptors (Lipinski definition) is 2. The number of benzene rings is 2. The summed E-state index contributed by atoms with van der Waals surface area (Å²) in [5.74, 6) is 0. The number of halogens is 1. The minimum absolute atomic E-state index is 0.196. The predicted octanol–water partition coefficient (Wildman–Crippen LogP) is 3.55. The van der Waals surface area contributed by atoms with E-state index in [0.717, 1.165) is 11.1 Å². The lowest BCUT2D eigenvalue weighted by Gasteiger charge is -2.03. The molecule has 1 heterocycles. The normalized spacial score (nSPS) is 10.8. The second kappa shape index (κ2) is 4.52. The maximum Gasteiger partial charge on any atom is 0.274 e. The van der Waals surface area contributed by atoms with Crippen molar-refractivity contribution >= 4 is 22.6 Å². The van der Waals surface area contributed by atoms with Gasteiger partial charge in [-0.2, -0.15) is 0 Å². The van der Waals surface area contributed by atoms with Crippen LogP contribution in [0.2, 0.25) is 5.02 Å². The van der Waals surface area contributed by atoms with Gasteiger partial charge < -0.3 is 4.98 Å². The smallest absolute Gasteiger partial charge is 0.274 e. The summed E-state index contributed by atoms with van der Waals surface area (Å²) in [6.45, 7) is 2.00. The molecule has 1 aromatic heterocycles. The average molecular weight is 271 g/mol. The van der Waals surface area contributed by atoms with Gasteiger partial charge in [-0.15, -0.1) is 0 Å². The van der Waals surface area contributed by atoms with Crippen molar-refractivity contribution in [1.82, 2.24) is 9.97 Å². The predicted molar refractivity (Wildman–Crippen MR) is 77.5 cm³/mol. The molecule has 4 heteroatoms. The molecule has 2 aromatic carbocycles. The van der Waals surface area contributed by atoms with Crippen molar-refractivity contribution in [2.45, 2.75) is 6.92 Å². The van der Waals surface area contributed by atoms with Crippen LogP contribution in [0.15, 0.2) is 47.3 Å². The van der Waals surface area contributed by atoms with Gasteiger partial charge in [0.1, 0.15) is 5.69 Å². The first-order valence-electron chi connectivity index (χ1n) is 5.90. The maximum absolute atomic E-state index is 12.1. The van der Waals surface area contributed by atoms with Crippen LogP contribution in [0.1, 0.15) is 5.56 Å². The molecule has 0 saturated carbocycles. The summed E-state index contributed by atoms with van der Waals surface area (Å²) in [6, 6.07) is 12.9. The molecule has 3 aromatic rings. The number of hydrogen-bond donors (Lipinski definition) is 1. The van der Waals surface area contributed by atoms with Gasteiger partial charge in [-0.1, -0.05) is 41.4 Å². The van der Waals surface area contributed by atoms with Crippen molar-refractivity contribution in [3.8, 4) is 11.3 Å². The first-order chi connectivity index (χ1) is 9.13. The third-order valence-electron chi connectivity index (χ3n) is 2.98. The van der Waals surface area contributed by atoms with E-state index in [0.29, 0.717) is 21.7 Å². The number of aromatic nitrogens is 2. The molecule has 0 aliphatic heterocycles. The quantitative estimate of drug-likeness (QED) is 0.735. The van der Waals surface area contributed by atoms with Crippen LogP contribution in [0.4, 0.5) is 0 Å². The molecule has 0 saturated heterocycles. The number of nitrogens with one attached hydrogen (secondary N) is 1. The van der Waals surface area contributed by atoms with Crippen LogP contribution in [0.5, 0.6) is 0 Å². The summed E-state index contributed by atoms with van der Waals surface area (Å²) < 4.78 is 0. The second-order valence-electron chi connectivity index (χ2n) is 4.44. The Morgan fingerprint density at radius 3 is 2.58 bits per heavy atom. The van der Waals surface area contributed by atoms with Crippen LogP contribution in [-0.2, 0) is 0 Å². The topological polar surface area (TPSA) is 45.8 Å². The highest BCUT2D eigenvalue weighted by molar-refractivity contribution is 6.31. The lowest BCUT2D eigenvalue weighted by Crippen LogP contribution is -2.11. The van der Waals surface area contributed by atoms with Crippen molar-refractivity contribution < 1.29 is 0 Å². The Morgan fingerprint density at radius 1 is 1.11 bits per heavy atom. The Balaban J connectivity index is 2.26. The first kappa shape index (κ1) is 11.9. The van der Waals surface area contributed by atoms with Crippen LogP contribution in [0, 0.1) is 6.92 Å². The highest BCUT2D eigenvalue weighted by Gasteiger charge is 2.07. The maximum atomic E-state index is 12.1. The summed E-state index contributed by atoms with van der Waals surface area (Å²) in [7, 11) is 0. The van der Waals surface area contributed by atoms with Crippen LogP contribution < -0.4 is 5.56 Å². The molecule has 0 spiro atoms. The lowest BCUT2D eigenvalue weighted by molar-refractivity contribution is 1.22. The van der Waals surface area contributed by atoms with Crippen LogP contribution >= 0.6 is 11.6 Å². The molecular weight excluding hydrogens is 260 g/mol. The molecule has 0 fully saturated rings. The fourth-order valence-corrected chi connectivity index (χ4v) is 2.13. The van der Waals surface area contributed by atoms with Crippen LogP contribution in [0.25, 0.3) is 22.3 Å². The molecule has 94 valence electrons. The molecule has 3 nitrogen and oxygen atoms in total. The second-order valence-corrected chi connectivity index (χ2v) is 4.88. The zero-order valence-corrected chi connectivity index (χ0v) is 11.0. The van der Waals surface area contributed by atoms with Gasteiger partial charge in [0.2, 0.25) is 0 Å². The Kier molecular flexibility index (Phi) is 2.84. The lowest BCUT2D eigenvalue weighted by atomic mass is 10.1. The van der Waals surface area contributed by atoms with Crippen LogP contribution in [0.3, 0.4) is 0 Å². The Hall–Kier alpha value is -2.13. The van der Waals surface area contributed by atoms with E-state index in [-0.39, 0.29) is 5.56 Å².